The molecular weight excluding hydrogens is 356 g/mol. The lowest BCUT2D eigenvalue weighted by Gasteiger charge is -2.60. The molecule has 8 atom stereocenters. The first-order valence-corrected chi connectivity index (χ1v) is 12.8. The van der Waals surface area contributed by atoms with Gasteiger partial charge >= 0.3 is 5.97 Å². The molecule has 0 aromatic heterocycles. The number of hydrogen-bond donors (Lipinski definition) is 0. The fourth-order valence-electron chi connectivity index (χ4n) is 9.06. The fraction of sp³-hybridized carbons (Fsp3) is 0.963. The molecule has 2 nitrogen and oxygen atoms in total. The minimum absolute atomic E-state index is 0.000890. The van der Waals surface area contributed by atoms with E-state index in [4.69, 9.17) is 4.74 Å². The van der Waals surface area contributed by atoms with Gasteiger partial charge in [0.2, 0.25) is 0 Å². The van der Waals surface area contributed by atoms with Crippen LogP contribution in [0.5, 0.6) is 0 Å². The Balaban J connectivity index is 1.47. The molecule has 0 aromatic rings. The monoisotopic (exact) mass is 402 g/mol. The zero-order chi connectivity index (χ0) is 21.0. The quantitative estimate of drug-likeness (QED) is 0.460. The summed E-state index contributed by atoms with van der Waals surface area (Å²) in [5.74, 6) is 4.96. The van der Waals surface area contributed by atoms with E-state index in [2.05, 4.69) is 20.8 Å². The van der Waals surface area contributed by atoms with Gasteiger partial charge in [-0.1, -0.05) is 33.6 Å². The van der Waals surface area contributed by atoms with E-state index in [9.17, 15) is 4.79 Å². The first-order valence-electron chi connectivity index (χ1n) is 12.8. The van der Waals surface area contributed by atoms with Crippen LogP contribution in [-0.4, -0.2) is 11.6 Å². The van der Waals surface area contributed by atoms with Gasteiger partial charge in [-0.2, -0.15) is 0 Å². The van der Waals surface area contributed by atoms with E-state index in [1.165, 1.54) is 64.2 Å². The predicted molar refractivity (Wildman–Crippen MR) is 119 cm³/mol. The van der Waals surface area contributed by atoms with Crippen LogP contribution in [0, 0.1) is 46.3 Å². The molecule has 4 saturated carbocycles. The van der Waals surface area contributed by atoms with Gasteiger partial charge in [-0.05, 0) is 118 Å². The van der Waals surface area contributed by atoms with Crippen LogP contribution in [0.1, 0.15) is 112 Å². The van der Waals surface area contributed by atoms with Crippen molar-refractivity contribution in [3.63, 3.8) is 0 Å². The number of esters is 1. The van der Waals surface area contributed by atoms with Crippen molar-refractivity contribution in [3.8, 4) is 0 Å². The topological polar surface area (TPSA) is 26.3 Å². The summed E-state index contributed by atoms with van der Waals surface area (Å²) in [5.41, 5.74) is 0.703. The highest BCUT2D eigenvalue weighted by Crippen LogP contribution is 2.68. The van der Waals surface area contributed by atoms with Gasteiger partial charge in [-0.25, -0.2) is 0 Å². The zero-order valence-corrected chi connectivity index (χ0v) is 20.1. The Morgan fingerprint density at radius 3 is 2.38 bits per heavy atom. The Kier molecular flexibility index (Phi) is 5.65. The maximum Gasteiger partial charge on any atom is 0.306 e. The van der Waals surface area contributed by atoms with Gasteiger partial charge in [-0.15, -0.1) is 0 Å². The summed E-state index contributed by atoms with van der Waals surface area (Å²) in [7, 11) is 0. The second-order valence-corrected chi connectivity index (χ2v) is 12.9. The van der Waals surface area contributed by atoms with Crippen LogP contribution < -0.4 is 0 Å². The van der Waals surface area contributed by atoms with Crippen molar-refractivity contribution in [1.82, 2.24) is 0 Å². The summed E-state index contributed by atoms with van der Waals surface area (Å²) >= 11 is 0. The Labute approximate surface area is 179 Å². The smallest absolute Gasteiger partial charge is 0.306 e. The highest BCUT2D eigenvalue weighted by molar-refractivity contribution is 5.70. The number of hydrogen-bond acceptors (Lipinski definition) is 2. The molecule has 0 radical (unpaired) electrons. The lowest BCUT2D eigenvalue weighted by atomic mass is 9.44. The van der Waals surface area contributed by atoms with E-state index in [1.54, 1.807) is 0 Å². The Hall–Kier alpha value is -0.530. The molecule has 0 amide bonds. The van der Waals surface area contributed by atoms with Gasteiger partial charge in [0, 0.05) is 6.42 Å². The van der Waals surface area contributed by atoms with E-state index in [0.717, 1.165) is 23.7 Å². The summed E-state index contributed by atoms with van der Waals surface area (Å²) in [6.45, 7) is 13.5. The van der Waals surface area contributed by atoms with Crippen molar-refractivity contribution < 1.29 is 9.53 Å². The largest absolute Gasteiger partial charge is 0.460 e. The third-order valence-electron chi connectivity index (χ3n) is 10.3. The average molecular weight is 403 g/mol. The standard InChI is InChI=1S/C27H46O2/c1-18(17-24(28)29-25(2,3)4)21-12-13-22-20-11-10-19-9-7-8-15-26(19,5)23(20)14-16-27(21,22)6/h18-23H,7-17H2,1-6H3/t18-,19?,20?,21?,22?,23?,26+,27-/m1/s1. The highest BCUT2D eigenvalue weighted by Gasteiger charge is 2.60. The zero-order valence-electron chi connectivity index (χ0n) is 20.1. The summed E-state index contributed by atoms with van der Waals surface area (Å²) in [4.78, 5) is 12.5. The van der Waals surface area contributed by atoms with Gasteiger partial charge < -0.3 is 4.74 Å². The Morgan fingerprint density at radius 2 is 1.66 bits per heavy atom. The molecular formula is C27H46O2. The van der Waals surface area contributed by atoms with E-state index in [-0.39, 0.29) is 11.6 Å². The molecule has 0 aliphatic heterocycles. The van der Waals surface area contributed by atoms with Crippen LogP contribution >= 0.6 is 0 Å². The molecule has 0 N–H and O–H groups in total. The third kappa shape index (κ3) is 3.80. The van der Waals surface area contributed by atoms with E-state index >= 15 is 0 Å². The van der Waals surface area contributed by atoms with Gasteiger partial charge in [0.25, 0.3) is 0 Å². The minimum Gasteiger partial charge on any atom is -0.460 e. The van der Waals surface area contributed by atoms with Gasteiger partial charge in [0.15, 0.2) is 0 Å². The van der Waals surface area contributed by atoms with Crippen molar-refractivity contribution in [2.24, 2.45) is 46.3 Å². The number of rotatable bonds is 3. The molecule has 5 unspecified atom stereocenters. The second kappa shape index (κ2) is 7.56. The average Bonchev–Trinajstić information content (AvgIpc) is 2.96. The molecule has 0 aromatic carbocycles. The third-order valence-corrected chi connectivity index (χ3v) is 10.3. The minimum atomic E-state index is -0.370. The number of fused-ring (bicyclic) bond motifs is 5. The molecule has 166 valence electrons. The van der Waals surface area contributed by atoms with Crippen LogP contribution in [0.15, 0.2) is 0 Å². The van der Waals surface area contributed by atoms with Crippen molar-refractivity contribution in [3.05, 3.63) is 0 Å². The molecule has 0 spiro atoms. The molecule has 0 saturated heterocycles. The molecule has 2 heteroatoms. The Bertz CT molecular complexity index is 619. The van der Waals surface area contributed by atoms with Gasteiger partial charge in [-0.3, -0.25) is 4.79 Å². The lowest BCUT2D eigenvalue weighted by Crippen LogP contribution is -2.53. The lowest BCUT2D eigenvalue weighted by molar-refractivity contribution is -0.157. The van der Waals surface area contributed by atoms with E-state index < -0.39 is 0 Å². The van der Waals surface area contributed by atoms with Crippen LogP contribution in [-0.2, 0) is 9.53 Å². The van der Waals surface area contributed by atoms with E-state index in [0.29, 0.717) is 29.1 Å². The number of carbonyl (C=O) groups excluding carboxylic acids is 1. The normalized spacial score (nSPS) is 45.7. The summed E-state index contributed by atoms with van der Waals surface area (Å²) in [5, 5.41) is 0. The molecule has 4 rings (SSSR count). The van der Waals surface area contributed by atoms with Gasteiger partial charge in [0.05, 0.1) is 0 Å². The number of carbonyl (C=O) groups is 1. The Morgan fingerprint density at radius 1 is 0.931 bits per heavy atom. The maximum absolute atomic E-state index is 12.5. The van der Waals surface area contributed by atoms with Gasteiger partial charge in [0.1, 0.15) is 5.60 Å². The van der Waals surface area contributed by atoms with Crippen molar-refractivity contribution in [2.45, 2.75) is 118 Å². The summed E-state index contributed by atoms with van der Waals surface area (Å²) < 4.78 is 5.66. The summed E-state index contributed by atoms with van der Waals surface area (Å²) in [6.07, 6.45) is 15.1. The van der Waals surface area contributed by atoms with Crippen LogP contribution in [0.3, 0.4) is 0 Å². The summed E-state index contributed by atoms with van der Waals surface area (Å²) in [6, 6.07) is 0. The van der Waals surface area contributed by atoms with Crippen molar-refractivity contribution in [1.29, 1.82) is 0 Å². The SMILES string of the molecule is C[C@H](CC(=O)OC(C)(C)C)C1CCC2C3CCC4CCCC[C@]4(C)C3CC[C@@]21C. The fourth-order valence-corrected chi connectivity index (χ4v) is 9.06. The molecule has 4 aliphatic carbocycles. The van der Waals surface area contributed by atoms with Crippen molar-refractivity contribution >= 4 is 5.97 Å². The molecule has 4 aliphatic rings. The first kappa shape index (κ1) is 21.7. The van der Waals surface area contributed by atoms with Crippen LogP contribution in [0.25, 0.3) is 0 Å². The molecule has 4 fully saturated rings. The molecule has 0 bridgehead atoms. The second-order valence-electron chi connectivity index (χ2n) is 12.9. The first-order chi connectivity index (χ1) is 13.5. The van der Waals surface area contributed by atoms with E-state index in [1.807, 2.05) is 20.8 Å². The predicted octanol–water partition coefficient (Wildman–Crippen LogP) is 7.40. The maximum atomic E-state index is 12.5. The van der Waals surface area contributed by atoms with Crippen LogP contribution in [0.2, 0.25) is 0 Å². The molecule has 0 heterocycles. The molecule has 29 heavy (non-hydrogen) atoms. The number of ether oxygens (including phenoxy) is 1. The van der Waals surface area contributed by atoms with Crippen molar-refractivity contribution in [2.75, 3.05) is 0 Å². The highest BCUT2D eigenvalue weighted by atomic mass is 16.6. The van der Waals surface area contributed by atoms with Crippen LogP contribution in [0.4, 0.5) is 0 Å².